The van der Waals surface area contributed by atoms with Crippen molar-refractivity contribution in [1.82, 2.24) is 0 Å². The first-order valence-electron chi connectivity index (χ1n) is 5.64. The summed E-state index contributed by atoms with van der Waals surface area (Å²) in [6, 6.07) is 3.45. The van der Waals surface area contributed by atoms with Crippen LogP contribution in [0, 0.1) is 5.41 Å². The Balaban J connectivity index is 2.25. The lowest BCUT2D eigenvalue weighted by Crippen LogP contribution is -2.47. The van der Waals surface area contributed by atoms with Crippen molar-refractivity contribution in [2.75, 3.05) is 18.5 Å². The molecule has 2 unspecified atom stereocenters. The molecule has 1 aliphatic heterocycles. The quantitative estimate of drug-likeness (QED) is 0.717. The van der Waals surface area contributed by atoms with Gasteiger partial charge in [-0.2, -0.15) is 0 Å². The number of carbonyl (C=O) groups excluding carboxylic acids is 1. The number of carbonyl (C=O) groups is 1. The molecule has 2 rings (SSSR count). The molecule has 2 atom stereocenters. The molecule has 0 spiro atoms. The monoisotopic (exact) mass is 454 g/mol. The normalized spacial score (nSPS) is 26.5. The Bertz CT molecular complexity index is 501. The fourth-order valence-electron chi connectivity index (χ4n) is 1.84. The molecule has 0 radical (unpaired) electrons. The summed E-state index contributed by atoms with van der Waals surface area (Å²) in [6.45, 7) is 2.57. The number of rotatable bonds is 2. The number of hydrogen-bond donors (Lipinski definition) is 2. The fraction of sp³-hybridized carbons (Fsp3) is 0.417. The summed E-state index contributed by atoms with van der Waals surface area (Å²) in [5, 5.41) is 2.91. The van der Waals surface area contributed by atoms with Crippen molar-refractivity contribution in [3.8, 4) is 0 Å². The highest BCUT2D eigenvalue weighted by Crippen LogP contribution is 2.36. The second-order valence-corrected chi connectivity index (χ2v) is 7.36. The van der Waals surface area contributed by atoms with Gasteiger partial charge in [0.15, 0.2) is 0 Å². The Morgan fingerprint density at radius 2 is 2.00 bits per heavy atom. The predicted octanol–water partition coefficient (Wildman–Crippen LogP) is 3.28. The zero-order valence-electron chi connectivity index (χ0n) is 10.2. The molecule has 1 aliphatic rings. The van der Waals surface area contributed by atoms with Crippen LogP contribution in [0.1, 0.15) is 6.92 Å². The number of amides is 1. The Kier molecular flexibility index (Phi) is 4.72. The molecule has 1 aromatic carbocycles. The van der Waals surface area contributed by atoms with E-state index in [1.807, 2.05) is 19.1 Å². The number of halogens is 3. The van der Waals surface area contributed by atoms with Crippen LogP contribution in [0.25, 0.3) is 0 Å². The van der Waals surface area contributed by atoms with E-state index in [2.05, 4.69) is 53.1 Å². The van der Waals surface area contributed by atoms with Gasteiger partial charge in [-0.1, -0.05) is 15.9 Å². The molecule has 0 saturated carbocycles. The maximum absolute atomic E-state index is 12.4. The third-order valence-electron chi connectivity index (χ3n) is 3.28. The first kappa shape index (κ1) is 15.4. The number of benzene rings is 1. The van der Waals surface area contributed by atoms with Crippen LogP contribution in [0.15, 0.2) is 25.6 Å². The third-order valence-corrected chi connectivity index (χ3v) is 4.99. The lowest BCUT2D eigenvalue weighted by Gasteiger charge is -2.26. The molecule has 7 heteroatoms. The van der Waals surface area contributed by atoms with Crippen LogP contribution in [0.5, 0.6) is 0 Å². The van der Waals surface area contributed by atoms with Crippen LogP contribution in [-0.4, -0.2) is 25.2 Å². The van der Waals surface area contributed by atoms with Crippen molar-refractivity contribution in [3.63, 3.8) is 0 Å². The first-order valence-corrected chi connectivity index (χ1v) is 8.02. The van der Waals surface area contributed by atoms with Crippen molar-refractivity contribution < 1.29 is 9.53 Å². The molecule has 0 bridgehead atoms. The fourth-order valence-corrected chi connectivity index (χ4v) is 4.30. The van der Waals surface area contributed by atoms with Crippen LogP contribution in [-0.2, 0) is 9.53 Å². The van der Waals surface area contributed by atoms with Crippen molar-refractivity contribution >= 4 is 59.4 Å². The average molecular weight is 457 g/mol. The van der Waals surface area contributed by atoms with Crippen molar-refractivity contribution in [3.05, 3.63) is 25.6 Å². The van der Waals surface area contributed by atoms with Gasteiger partial charge in [-0.3, -0.25) is 4.79 Å². The van der Waals surface area contributed by atoms with E-state index in [-0.39, 0.29) is 11.9 Å². The minimum Gasteiger partial charge on any atom is -0.379 e. The van der Waals surface area contributed by atoms with E-state index in [1.54, 1.807) is 0 Å². The number of nitrogens with one attached hydrogen (secondary N) is 1. The number of ether oxygens (including phenoxy) is 1. The second kappa shape index (κ2) is 5.81. The molecule has 4 nitrogen and oxygen atoms in total. The molecule has 0 aliphatic carbocycles. The predicted molar refractivity (Wildman–Crippen MR) is 85.1 cm³/mol. The molecule has 1 aromatic rings. The second-order valence-electron chi connectivity index (χ2n) is 4.74. The van der Waals surface area contributed by atoms with E-state index in [9.17, 15) is 4.79 Å². The van der Waals surface area contributed by atoms with E-state index in [0.717, 1.165) is 13.4 Å². The summed E-state index contributed by atoms with van der Waals surface area (Å²) < 4.78 is 7.79. The molecule has 104 valence electrons. The highest BCUT2D eigenvalue weighted by atomic mass is 79.9. The van der Waals surface area contributed by atoms with Gasteiger partial charge in [0.25, 0.3) is 0 Å². The van der Waals surface area contributed by atoms with E-state index in [4.69, 9.17) is 10.5 Å². The zero-order valence-corrected chi connectivity index (χ0v) is 14.9. The van der Waals surface area contributed by atoms with Crippen LogP contribution < -0.4 is 11.1 Å². The van der Waals surface area contributed by atoms with Gasteiger partial charge in [-0.05, 0) is 50.9 Å². The van der Waals surface area contributed by atoms with Gasteiger partial charge < -0.3 is 15.8 Å². The minimum atomic E-state index is -0.702. The van der Waals surface area contributed by atoms with E-state index >= 15 is 0 Å². The zero-order chi connectivity index (χ0) is 14.2. The molecule has 0 aromatic heterocycles. The standard InChI is InChI=1S/C12H13Br3N2O2/c1-12(5-19-4-9(12)16)11(18)17-10-7(14)2-6(13)3-8(10)15/h2-3,9H,4-5,16H2,1H3,(H,17,18). The van der Waals surface area contributed by atoms with E-state index < -0.39 is 5.41 Å². The Morgan fingerprint density at radius 3 is 2.47 bits per heavy atom. The number of anilines is 1. The highest BCUT2D eigenvalue weighted by Gasteiger charge is 2.44. The van der Waals surface area contributed by atoms with Crippen molar-refractivity contribution in [2.45, 2.75) is 13.0 Å². The molecule has 1 heterocycles. The molecule has 1 saturated heterocycles. The maximum Gasteiger partial charge on any atom is 0.234 e. The maximum atomic E-state index is 12.4. The van der Waals surface area contributed by atoms with Crippen LogP contribution >= 0.6 is 47.8 Å². The lowest BCUT2D eigenvalue weighted by molar-refractivity contribution is -0.125. The number of nitrogens with two attached hydrogens (primary N) is 1. The van der Waals surface area contributed by atoms with Crippen LogP contribution in [0.2, 0.25) is 0 Å². The van der Waals surface area contributed by atoms with Gasteiger partial charge in [0.1, 0.15) is 0 Å². The molecule has 3 N–H and O–H groups in total. The highest BCUT2D eigenvalue weighted by molar-refractivity contribution is 9.11. The largest absolute Gasteiger partial charge is 0.379 e. The summed E-state index contributed by atoms with van der Waals surface area (Å²) in [7, 11) is 0. The van der Waals surface area contributed by atoms with E-state index in [1.165, 1.54) is 0 Å². The molecule has 1 fully saturated rings. The third kappa shape index (κ3) is 3.05. The Morgan fingerprint density at radius 1 is 1.42 bits per heavy atom. The Labute approximate surface area is 136 Å². The van der Waals surface area contributed by atoms with Gasteiger partial charge in [0.05, 0.1) is 24.3 Å². The van der Waals surface area contributed by atoms with Gasteiger partial charge in [0.2, 0.25) is 5.91 Å². The van der Waals surface area contributed by atoms with Gasteiger partial charge in [0, 0.05) is 19.5 Å². The lowest BCUT2D eigenvalue weighted by atomic mass is 9.85. The number of hydrogen-bond acceptors (Lipinski definition) is 3. The van der Waals surface area contributed by atoms with Crippen LogP contribution in [0.4, 0.5) is 5.69 Å². The molecule has 19 heavy (non-hydrogen) atoms. The Hall–Kier alpha value is 0.0500. The molecule has 1 amide bonds. The van der Waals surface area contributed by atoms with Gasteiger partial charge >= 0.3 is 0 Å². The molecular weight excluding hydrogens is 444 g/mol. The average Bonchev–Trinajstić information content (AvgIpc) is 2.65. The smallest absolute Gasteiger partial charge is 0.234 e. The summed E-state index contributed by atoms with van der Waals surface area (Å²) in [5.74, 6) is -0.138. The summed E-state index contributed by atoms with van der Waals surface area (Å²) in [6.07, 6.45) is 0. The summed E-state index contributed by atoms with van der Waals surface area (Å²) >= 11 is 10.2. The van der Waals surface area contributed by atoms with Gasteiger partial charge in [-0.15, -0.1) is 0 Å². The minimum absolute atomic E-state index is 0.138. The van der Waals surface area contributed by atoms with Crippen LogP contribution in [0.3, 0.4) is 0 Å². The SMILES string of the molecule is CC1(C(=O)Nc2c(Br)cc(Br)cc2Br)COCC1N. The summed E-state index contributed by atoms with van der Waals surface area (Å²) in [4.78, 5) is 12.4. The van der Waals surface area contributed by atoms with Gasteiger partial charge in [-0.25, -0.2) is 0 Å². The van der Waals surface area contributed by atoms with E-state index in [0.29, 0.717) is 18.9 Å². The molecular formula is C12H13Br3N2O2. The summed E-state index contributed by atoms with van der Waals surface area (Å²) in [5.41, 5.74) is 5.94. The van der Waals surface area contributed by atoms with Crippen molar-refractivity contribution in [2.24, 2.45) is 11.1 Å². The topological polar surface area (TPSA) is 64.3 Å². The van der Waals surface area contributed by atoms with Crippen molar-refractivity contribution in [1.29, 1.82) is 0 Å². The first-order chi connectivity index (χ1) is 8.84.